The molecule has 0 saturated heterocycles. The Labute approximate surface area is 189 Å². The first-order chi connectivity index (χ1) is 13.9. The summed E-state index contributed by atoms with van der Waals surface area (Å²) in [6.45, 7) is 1.35. The number of nitrogens with one attached hydrogen (secondary N) is 1. The lowest BCUT2D eigenvalue weighted by Gasteiger charge is -2.60. The molecule has 2 unspecified atom stereocenters. The molecule has 0 aliphatic heterocycles. The second kappa shape index (κ2) is 7.67. The Bertz CT molecular complexity index is 864. The molecule has 154 valence electrons. The lowest BCUT2D eigenvalue weighted by Crippen LogP contribution is -2.64. The van der Waals surface area contributed by atoms with Crippen LogP contribution in [0.1, 0.15) is 49.7 Å². The van der Waals surface area contributed by atoms with Gasteiger partial charge in [0.05, 0.1) is 14.5 Å². The van der Waals surface area contributed by atoms with Gasteiger partial charge in [0.1, 0.15) is 12.4 Å². The number of benzene rings is 2. The van der Waals surface area contributed by atoms with Gasteiger partial charge in [-0.05, 0) is 105 Å². The highest BCUT2D eigenvalue weighted by Gasteiger charge is 2.56. The SMILES string of the molecule is OC12CC3CC(C1)CC(NCc1cc(Br)c(OCc4ccccc4)c(Br)c1)(C3)C2. The number of hydrogen-bond donors (Lipinski definition) is 2. The molecule has 3 nitrogen and oxygen atoms in total. The van der Waals surface area contributed by atoms with Gasteiger partial charge in [0.15, 0.2) is 0 Å². The molecular formula is C24H27Br2NO2. The molecule has 0 spiro atoms. The van der Waals surface area contributed by atoms with Crippen molar-refractivity contribution in [2.24, 2.45) is 11.8 Å². The van der Waals surface area contributed by atoms with Crippen LogP contribution in [0, 0.1) is 11.8 Å². The molecule has 0 heterocycles. The van der Waals surface area contributed by atoms with E-state index in [0.29, 0.717) is 18.4 Å². The average Bonchev–Trinajstić information content (AvgIpc) is 2.65. The second-order valence-corrected chi connectivity index (χ2v) is 11.2. The molecule has 0 amide bonds. The standard InChI is InChI=1S/C24H27Br2NO2/c25-20-7-17(8-21(26)22(20)29-14-16-4-2-1-3-5-16)13-27-23-9-18-6-19(10-23)12-24(28,11-18)15-23/h1-5,7-8,18-19,27-28H,6,9-15H2. The van der Waals surface area contributed by atoms with Gasteiger partial charge in [-0.25, -0.2) is 0 Å². The van der Waals surface area contributed by atoms with Gasteiger partial charge >= 0.3 is 0 Å². The minimum atomic E-state index is -0.423. The maximum absolute atomic E-state index is 11.0. The van der Waals surface area contributed by atoms with Crippen molar-refractivity contribution in [3.05, 3.63) is 62.5 Å². The van der Waals surface area contributed by atoms with Crippen molar-refractivity contribution < 1.29 is 9.84 Å². The van der Waals surface area contributed by atoms with Crippen LogP contribution in [0.3, 0.4) is 0 Å². The molecule has 4 aliphatic carbocycles. The largest absolute Gasteiger partial charge is 0.487 e. The van der Waals surface area contributed by atoms with Gasteiger partial charge < -0.3 is 15.2 Å². The fourth-order valence-electron chi connectivity index (χ4n) is 6.29. The smallest absolute Gasteiger partial charge is 0.148 e. The van der Waals surface area contributed by atoms with Crippen molar-refractivity contribution in [2.45, 2.75) is 62.8 Å². The summed E-state index contributed by atoms with van der Waals surface area (Å²) < 4.78 is 7.98. The monoisotopic (exact) mass is 519 g/mol. The lowest BCUT2D eigenvalue weighted by atomic mass is 9.51. The Balaban J connectivity index is 1.26. The maximum Gasteiger partial charge on any atom is 0.148 e. The number of ether oxygens (including phenoxy) is 1. The zero-order valence-electron chi connectivity index (χ0n) is 16.5. The summed E-state index contributed by atoms with van der Waals surface area (Å²) in [6, 6.07) is 14.5. The summed E-state index contributed by atoms with van der Waals surface area (Å²) in [5.41, 5.74) is 2.06. The second-order valence-electron chi connectivity index (χ2n) is 9.48. The van der Waals surface area contributed by atoms with Gasteiger partial charge in [0.2, 0.25) is 0 Å². The van der Waals surface area contributed by atoms with Crippen LogP contribution >= 0.6 is 31.9 Å². The molecule has 0 aromatic heterocycles. The van der Waals surface area contributed by atoms with Crippen molar-refractivity contribution in [3.8, 4) is 5.75 Å². The third-order valence-electron chi connectivity index (χ3n) is 6.98. The van der Waals surface area contributed by atoms with Crippen LogP contribution in [0.5, 0.6) is 5.75 Å². The molecule has 4 saturated carbocycles. The first kappa shape index (κ1) is 20.0. The van der Waals surface area contributed by atoms with E-state index in [1.54, 1.807) is 0 Å². The van der Waals surface area contributed by atoms with E-state index in [-0.39, 0.29) is 5.54 Å². The molecule has 5 heteroatoms. The number of hydrogen-bond acceptors (Lipinski definition) is 3. The van der Waals surface area contributed by atoms with Crippen LogP contribution in [0.2, 0.25) is 0 Å². The molecule has 4 fully saturated rings. The fourth-order valence-corrected chi connectivity index (χ4v) is 7.80. The normalized spacial score (nSPS) is 32.5. The molecular weight excluding hydrogens is 494 g/mol. The van der Waals surface area contributed by atoms with E-state index >= 15 is 0 Å². The van der Waals surface area contributed by atoms with E-state index in [1.807, 2.05) is 18.2 Å². The summed E-state index contributed by atoms with van der Waals surface area (Å²) in [7, 11) is 0. The highest BCUT2D eigenvalue weighted by atomic mass is 79.9. The van der Waals surface area contributed by atoms with E-state index in [4.69, 9.17) is 4.74 Å². The van der Waals surface area contributed by atoms with Gasteiger partial charge in [-0.3, -0.25) is 0 Å². The van der Waals surface area contributed by atoms with Crippen molar-refractivity contribution in [1.82, 2.24) is 5.32 Å². The minimum Gasteiger partial charge on any atom is -0.487 e. The summed E-state index contributed by atoms with van der Waals surface area (Å²) >= 11 is 7.38. The number of halogens is 2. The van der Waals surface area contributed by atoms with Gasteiger partial charge in [-0.1, -0.05) is 30.3 Å². The zero-order chi connectivity index (χ0) is 20.1. The molecule has 0 radical (unpaired) electrons. The molecule has 6 rings (SSSR count). The van der Waals surface area contributed by atoms with E-state index in [9.17, 15) is 5.11 Å². The summed E-state index contributed by atoms with van der Waals surface area (Å²) in [6.07, 6.45) is 6.68. The first-order valence-electron chi connectivity index (χ1n) is 10.5. The maximum atomic E-state index is 11.0. The molecule has 2 N–H and O–H groups in total. The van der Waals surface area contributed by atoms with Crippen molar-refractivity contribution in [2.75, 3.05) is 0 Å². The van der Waals surface area contributed by atoms with Crippen LogP contribution in [-0.4, -0.2) is 16.2 Å². The van der Waals surface area contributed by atoms with E-state index in [0.717, 1.165) is 46.1 Å². The van der Waals surface area contributed by atoms with Gasteiger partial charge in [-0.2, -0.15) is 0 Å². The molecule has 2 atom stereocenters. The van der Waals surface area contributed by atoms with Crippen LogP contribution in [0.15, 0.2) is 51.4 Å². The topological polar surface area (TPSA) is 41.5 Å². The van der Waals surface area contributed by atoms with Gasteiger partial charge in [0.25, 0.3) is 0 Å². The number of rotatable bonds is 6. The first-order valence-corrected chi connectivity index (χ1v) is 12.1. The van der Waals surface area contributed by atoms with Crippen molar-refractivity contribution >= 4 is 31.9 Å². The fraction of sp³-hybridized carbons (Fsp3) is 0.500. The van der Waals surface area contributed by atoms with Crippen LogP contribution in [0.25, 0.3) is 0 Å². The highest BCUT2D eigenvalue weighted by molar-refractivity contribution is 9.11. The predicted octanol–water partition coefficient (Wildman–Crippen LogP) is 5.96. The molecule has 4 bridgehead atoms. The minimum absolute atomic E-state index is 0.111. The summed E-state index contributed by atoms with van der Waals surface area (Å²) in [4.78, 5) is 0. The van der Waals surface area contributed by atoms with Crippen LogP contribution < -0.4 is 10.1 Å². The van der Waals surface area contributed by atoms with Crippen LogP contribution in [0.4, 0.5) is 0 Å². The van der Waals surface area contributed by atoms with Crippen LogP contribution in [-0.2, 0) is 13.2 Å². The Hall–Kier alpha value is -0.880. The lowest BCUT2D eigenvalue weighted by molar-refractivity contribution is -0.142. The van der Waals surface area contributed by atoms with Gasteiger partial charge in [0, 0.05) is 12.1 Å². The summed E-state index contributed by atoms with van der Waals surface area (Å²) in [5, 5.41) is 14.8. The Morgan fingerprint density at radius 3 is 2.24 bits per heavy atom. The van der Waals surface area contributed by atoms with Crippen molar-refractivity contribution in [1.29, 1.82) is 0 Å². The molecule has 4 aliphatic rings. The number of aliphatic hydroxyl groups is 1. The molecule has 29 heavy (non-hydrogen) atoms. The third kappa shape index (κ3) is 4.16. The Morgan fingerprint density at radius 2 is 1.62 bits per heavy atom. The summed E-state index contributed by atoms with van der Waals surface area (Å²) in [5.74, 6) is 2.23. The van der Waals surface area contributed by atoms with E-state index < -0.39 is 5.60 Å². The zero-order valence-corrected chi connectivity index (χ0v) is 19.6. The predicted molar refractivity (Wildman–Crippen MR) is 122 cm³/mol. The quantitative estimate of drug-likeness (QED) is 0.493. The molecule has 2 aromatic rings. The Morgan fingerprint density at radius 1 is 0.966 bits per heavy atom. The van der Waals surface area contributed by atoms with E-state index in [1.165, 1.54) is 24.8 Å². The third-order valence-corrected chi connectivity index (χ3v) is 8.16. The highest BCUT2D eigenvalue weighted by Crippen LogP contribution is 2.57. The average molecular weight is 521 g/mol. The van der Waals surface area contributed by atoms with Gasteiger partial charge in [-0.15, -0.1) is 0 Å². The van der Waals surface area contributed by atoms with Crippen molar-refractivity contribution in [3.63, 3.8) is 0 Å². The van der Waals surface area contributed by atoms with E-state index in [2.05, 4.69) is 61.4 Å². The molecule has 2 aromatic carbocycles. The Kier molecular flexibility index (Phi) is 5.30.